The van der Waals surface area contributed by atoms with E-state index in [0.29, 0.717) is 0 Å². The number of benzene rings is 1. The van der Waals surface area contributed by atoms with E-state index < -0.39 is 0 Å². The molecule has 1 aromatic rings. The highest BCUT2D eigenvalue weighted by molar-refractivity contribution is 5.32. The average molecular weight is 289 g/mol. The fourth-order valence-corrected chi connectivity index (χ4v) is 3.02. The molecule has 0 heterocycles. The minimum Gasteiger partial charge on any atom is -0.0654 e. The zero-order valence-electron chi connectivity index (χ0n) is 14.7. The molecule has 0 bridgehead atoms. The van der Waals surface area contributed by atoms with Crippen LogP contribution in [0.3, 0.4) is 0 Å². The van der Waals surface area contributed by atoms with Gasteiger partial charge >= 0.3 is 0 Å². The molecule has 0 unspecified atom stereocenters. The van der Waals surface area contributed by atoms with E-state index in [-0.39, 0.29) is 0 Å². The molecule has 0 atom stereocenters. The van der Waals surface area contributed by atoms with Gasteiger partial charge in [0.1, 0.15) is 0 Å². The molecule has 0 aliphatic heterocycles. The lowest BCUT2D eigenvalue weighted by atomic mass is 9.94. The Bertz CT molecular complexity index is 364. The molecular formula is C21H36. The Kier molecular flexibility index (Phi) is 10.3. The van der Waals surface area contributed by atoms with Gasteiger partial charge in [0.25, 0.3) is 0 Å². The van der Waals surface area contributed by atoms with E-state index in [1.165, 1.54) is 77.0 Å². The van der Waals surface area contributed by atoms with Crippen molar-refractivity contribution in [2.24, 2.45) is 0 Å². The Morgan fingerprint density at radius 2 is 1.10 bits per heavy atom. The van der Waals surface area contributed by atoms with E-state index in [0.717, 1.165) is 0 Å². The first-order valence-electron chi connectivity index (χ1n) is 9.42. The first kappa shape index (κ1) is 18.3. The molecule has 0 saturated carbocycles. The van der Waals surface area contributed by atoms with Gasteiger partial charge in [0, 0.05) is 0 Å². The molecule has 21 heavy (non-hydrogen) atoms. The van der Waals surface area contributed by atoms with Crippen LogP contribution in [0, 0.1) is 0 Å². The van der Waals surface area contributed by atoms with E-state index in [9.17, 15) is 0 Å². The zero-order chi connectivity index (χ0) is 15.3. The normalized spacial score (nSPS) is 11.0. The fourth-order valence-electron chi connectivity index (χ4n) is 3.02. The average Bonchev–Trinajstić information content (AvgIpc) is 2.50. The molecular weight excluding hydrogens is 252 g/mol. The summed E-state index contributed by atoms with van der Waals surface area (Å²) >= 11 is 0. The highest BCUT2D eigenvalue weighted by atomic mass is 14.1. The molecule has 1 rings (SSSR count). The van der Waals surface area contributed by atoms with Crippen molar-refractivity contribution in [2.45, 2.75) is 97.8 Å². The summed E-state index contributed by atoms with van der Waals surface area (Å²) in [6.07, 6.45) is 16.0. The van der Waals surface area contributed by atoms with Crippen LogP contribution in [0.2, 0.25) is 0 Å². The molecule has 0 heteroatoms. The van der Waals surface area contributed by atoms with Crippen LogP contribution >= 0.6 is 0 Å². The lowest BCUT2D eigenvalue weighted by Crippen LogP contribution is -1.98. The molecule has 0 radical (unpaired) electrons. The number of unbranched alkanes of at least 4 members (excludes halogenated alkanes) is 6. The van der Waals surface area contributed by atoms with Crippen LogP contribution < -0.4 is 0 Å². The topological polar surface area (TPSA) is 0 Å². The molecule has 0 saturated heterocycles. The van der Waals surface area contributed by atoms with Crippen molar-refractivity contribution in [1.29, 1.82) is 0 Å². The molecule has 0 fully saturated rings. The summed E-state index contributed by atoms with van der Waals surface area (Å²) in [5, 5.41) is 0. The molecule has 0 aromatic heterocycles. The minimum atomic E-state index is 1.27. The smallest absolute Gasteiger partial charge is 0.0276 e. The highest BCUT2D eigenvalue weighted by Crippen LogP contribution is 2.19. The van der Waals surface area contributed by atoms with Crippen molar-refractivity contribution in [3.05, 3.63) is 34.9 Å². The lowest BCUT2D eigenvalue weighted by molar-refractivity contribution is 0.689. The SMILES string of the molecule is CCCCCc1ccc(CCCCC)c(CCCCC)c1. The van der Waals surface area contributed by atoms with Gasteiger partial charge in [0.2, 0.25) is 0 Å². The predicted molar refractivity (Wildman–Crippen MR) is 96.1 cm³/mol. The maximum absolute atomic E-state index is 2.52. The maximum atomic E-state index is 2.52. The van der Waals surface area contributed by atoms with Crippen LogP contribution in [-0.2, 0) is 19.3 Å². The summed E-state index contributed by atoms with van der Waals surface area (Å²) in [6.45, 7) is 6.87. The molecule has 120 valence electrons. The van der Waals surface area contributed by atoms with Crippen molar-refractivity contribution in [1.82, 2.24) is 0 Å². The van der Waals surface area contributed by atoms with Gasteiger partial charge in [-0.05, 0) is 55.2 Å². The lowest BCUT2D eigenvalue weighted by Gasteiger charge is -2.12. The van der Waals surface area contributed by atoms with Gasteiger partial charge in [0.15, 0.2) is 0 Å². The van der Waals surface area contributed by atoms with Crippen LogP contribution in [0.25, 0.3) is 0 Å². The number of aryl methyl sites for hydroxylation is 3. The predicted octanol–water partition coefficient (Wildman–Crippen LogP) is 6.88. The highest BCUT2D eigenvalue weighted by Gasteiger charge is 2.05. The summed E-state index contributed by atoms with van der Waals surface area (Å²) in [5.74, 6) is 0. The van der Waals surface area contributed by atoms with Crippen LogP contribution in [0.5, 0.6) is 0 Å². The molecule has 0 aliphatic carbocycles. The molecule has 1 aromatic carbocycles. The minimum absolute atomic E-state index is 1.27. The Morgan fingerprint density at radius 1 is 0.571 bits per heavy atom. The van der Waals surface area contributed by atoms with Crippen LogP contribution in [0.15, 0.2) is 18.2 Å². The van der Waals surface area contributed by atoms with Crippen LogP contribution in [-0.4, -0.2) is 0 Å². The first-order chi connectivity index (χ1) is 10.3. The van der Waals surface area contributed by atoms with E-state index in [1.54, 1.807) is 16.7 Å². The van der Waals surface area contributed by atoms with Gasteiger partial charge in [-0.25, -0.2) is 0 Å². The van der Waals surface area contributed by atoms with Gasteiger partial charge in [-0.3, -0.25) is 0 Å². The van der Waals surface area contributed by atoms with Gasteiger partial charge < -0.3 is 0 Å². The molecule has 0 nitrogen and oxygen atoms in total. The second-order valence-electron chi connectivity index (χ2n) is 6.47. The number of hydrogen-bond donors (Lipinski definition) is 0. The molecule has 0 amide bonds. The third-order valence-corrected chi connectivity index (χ3v) is 4.44. The quantitative estimate of drug-likeness (QED) is 0.367. The summed E-state index contributed by atoms with van der Waals surface area (Å²) in [6, 6.07) is 7.34. The molecule has 0 aliphatic rings. The van der Waals surface area contributed by atoms with E-state index in [2.05, 4.69) is 39.0 Å². The van der Waals surface area contributed by atoms with Crippen molar-refractivity contribution >= 4 is 0 Å². The van der Waals surface area contributed by atoms with Crippen LogP contribution in [0.1, 0.15) is 95.2 Å². The molecule has 0 spiro atoms. The van der Waals surface area contributed by atoms with Crippen molar-refractivity contribution in [3.8, 4) is 0 Å². The van der Waals surface area contributed by atoms with Gasteiger partial charge in [-0.2, -0.15) is 0 Å². The van der Waals surface area contributed by atoms with E-state index >= 15 is 0 Å². The van der Waals surface area contributed by atoms with Crippen molar-refractivity contribution in [3.63, 3.8) is 0 Å². The Hall–Kier alpha value is -0.780. The Labute approximate surface area is 133 Å². The second-order valence-corrected chi connectivity index (χ2v) is 6.47. The van der Waals surface area contributed by atoms with Crippen LogP contribution in [0.4, 0.5) is 0 Å². The van der Waals surface area contributed by atoms with Gasteiger partial charge in [-0.15, -0.1) is 0 Å². The third-order valence-electron chi connectivity index (χ3n) is 4.44. The summed E-state index contributed by atoms with van der Waals surface area (Å²) in [5.41, 5.74) is 4.83. The maximum Gasteiger partial charge on any atom is -0.0276 e. The Morgan fingerprint density at radius 3 is 1.67 bits per heavy atom. The zero-order valence-corrected chi connectivity index (χ0v) is 14.7. The van der Waals surface area contributed by atoms with Gasteiger partial charge in [-0.1, -0.05) is 77.5 Å². The van der Waals surface area contributed by atoms with Gasteiger partial charge in [0.05, 0.1) is 0 Å². The summed E-state index contributed by atoms with van der Waals surface area (Å²) < 4.78 is 0. The number of rotatable bonds is 12. The molecule has 0 N–H and O–H groups in total. The monoisotopic (exact) mass is 288 g/mol. The van der Waals surface area contributed by atoms with E-state index in [4.69, 9.17) is 0 Å². The Balaban J connectivity index is 2.65. The number of hydrogen-bond acceptors (Lipinski definition) is 0. The van der Waals surface area contributed by atoms with E-state index in [1.807, 2.05) is 0 Å². The summed E-state index contributed by atoms with van der Waals surface area (Å²) in [4.78, 5) is 0. The van der Waals surface area contributed by atoms with Crippen molar-refractivity contribution < 1.29 is 0 Å². The third kappa shape index (κ3) is 7.69. The largest absolute Gasteiger partial charge is 0.0654 e. The standard InChI is InChI=1S/C21H36/c1-4-7-10-13-19-16-17-20(14-11-8-5-2)21(18-19)15-12-9-6-3/h16-18H,4-15H2,1-3H3. The van der Waals surface area contributed by atoms with Crippen molar-refractivity contribution in [2.75, 3.05) is 0 Å². The summed E-state index contributed by atoms with van der Waals surface area (Å²) in [7, 11) is 0. The fraction of sp³-hybridized carbons (Fsp3) is 0.714. The second kappa shape index (κ2) is 11.8. The first-order valence-corrected chi connectivity index (χ1v) is 9.42.